The molecule has 0 radical (unpaired) electrons. The maximum atomic E-state index is 12.5. The maximum Gasteiger partial charge on any atom is 0.357 e. The second kappa shape index (κ2) is 6.34. The zero-order valence-corrected chi connectivity index (χ0v) is 15.7. The normalized spacial score (nSPS) is 11.4. The number of aromatic nitrogens is 3. The van der Waals surface area contributed by atoms with E-state index < -0.39 is 5.97 Å². The number of carbonyl (C=O) groups excluding carboxylic acids is 1. The minimum atomic E-state index is -0.400. The van der Waals surface area contributed by atoms with Crippen molar-refractivity contribution in [1.29, 1.82) is 0 Å². The Morgan fingerprint density at radius 3 is 2.58 bits per heavy atom. The molecular weight excluding hydrogens is 373 g/mol. The van der Waals surface area contributed by atoms with Gasteiger partial charge in [-0.05, 0) is 44.2 Å². The topological polar surface area (TPSA) is 48.5 Å². The average Bonchev–Trinajstić information content (AvgIpc) is 3.09. The highest BCUT2D eigenvalue weighted by Crippen LogP contribution is 2.32. The Bertz CT molecular complexity index is 1160. The van der Waals surface area contributed by atoms with Crippen LogP contribution in [0.5, 0.6) is 0 Å². The summed E-state index contributed by atoms with van der Waals surface area (Å²) in [7, 11) is 0. The zero-order chi connectivity index (χ0) is 18.4. The highest BCUT2D eigenvalue weighted by molar-refractivity contribution is 6.35. The number of carbonyl (C=O) groups is 1. The number of imidazole rings is 2. The van der Waals surface area contributed by atoms with E-state index >= 15 is 0 Å². The van der Waals surface area contributed by atoms with E-state index in [-0.39, 0.29) is 0 Å². The predicted octanol–water partition coefficient (Wildman–Crippen LogP) is 5.07. The van der Waals surface area contributed by atoms with Gasteiger partial charge in [0.1, 0.15) is 0 Å². The lowest BCUT2D eigenvalue weighted by Gasteiger charge is -2.07. The van der Waals surface area contributed by atoms with E-state index in [9.17, 15) is 4.79 Å². The fraction of sp³-hybridized carbons (Fsp3) is 0.158. The SMILES string of the molecule is CCOC(=O)c1c(C)nc2n(-c3ccc(Cl)cc3Cl)c3ccccc3n12. The highest BCUT2D eigenvalue weighted by Gasteiger charge is 2.24. The summed E-state index contributed by atoms with van der Waals surface area (Å²) in [5.41, 5.74) is 3.48. The molecule has 0 bridgehead atoms. The van der Waals surface area contributed by atoms with Gasteiger partial charge >= 0.3 is 5.97 Å². The monoisotopic (exact) mass is 387 g/mol. The summed E-state index contributed by atoms with van der Waals surface area (Å²) in [5.74, 6) is 0.193. The molecule has 0 atom stereocenters. The summed E-state index contributed by atoms with van der Waals surface area (Å²) >= 11 is 12.5. The Balaban J connectivity index is 2.13. The average molecular weight is 388 g/mol. The molecule has 4 aromatic rings. The molecule has 26 heavy (non-hydrogen) atoms. The minimum Gasteiger partial charge on any atom is -0.461 e. The van der Waals surface area contributed by atoms with Gasteiger partial charge in [0.25, 0.3) is 0 Å². The molecule has 0 fully saturated rings. The van der Waals surface area contributed by atoms with Crippen molar-refractivity contribution in [3.8, 4) is 5.69 Å². The number of rotatable bonds is 3. The van der Waals surface area contributed by atoms with E-state index in [1.165, 1.54) is 0 Å². The number of halogens is 2. The van der Waals surface area contributed by atoms with Crippen molar-refractivity contribution < 1.29 is 9.53 Å². The third kappa shape index (κ3) is 2.47. The molecular formula is C19H15Cl2N3O2. The maximum absolute atomic E-state index is 12.5. The van der Waals surface area contributed by atoms with E-state index in [0.29, 0.717) is 33.8 Å². The van der Waals surface area contributed by atoms with Crippen LogP contribution in [0.3, 0.4) is 0 Å². The van der Waals surface area contributed by atoms with Gasteiger partial charge in [-0.15, -0.1) is 0 Å². The first-order chi connectivity index (χ1) is 12.5. The van der Waals surface area contributed by atoms with Gasteiger partial charge in [0.05, 0.1) is 34.0 Å². The van der Waals surface area contributed by atoms with Crippen LogP contribution in [-0.4, -0.2) is 26.5 Å². The van der Waals surface area contributed by atoms with Gasteiger partial charge in [0, 0.05) is 5.02 Å². The van der Waals surface area contributed by atoms with Crippen LogP contribution in [-0.2, 0) is 4.74 Å². The summed E-state index contributed by atoms with van der Waals surface area (Å²) in [6.07, 6.45) is 0. The fourth-order valence-electron chi connectivity index (χ4n) is 3.18. The van der Waals surface area contributed by atoms with Crippen molar-refractivity contribution in [2.75, 3.05) is 6.61 Å². The summed E-state index contributed by atoms with van der Waals surface area (Å²) in [4.78, 5) is 17.1. The Kier molecular flexibility index (Phi) is 4.13. The quantitative estimate of drug-likeness (QED) is 0.461. The number of benzene rings is 2. The van der Waals surface area contributed by atoms with E-state index in [1.807, 2.05) is 39.3 Å². The van der Waals surface area contributed by atoms with Crippen LogP contribution >= 0.6 is 23.2 Å². The Labute approximate surface area is 159 Å². The molecule has 4 rings (SSSR count). The van der Waals surface area contributed by atoms with Crippen molar-refractivity contribution in [3.63, 3.8) is 0 Å². The van der Waals surface area contributed by atoms with Crippen molar-refractivity contribution in [1.82, 2.24) is 14.0 Å². The molecule has 2 aromatic heterocycles. The molecule has 0 aliphatic heterocycles. The van der Waals surface area contributed by atoms with Crippen molar-refractivity contribution in [3.05, 3.63) is 63.9 Å². The molecule has 0 amide bonds. The van der Waals surface area contributed by atoms with Crippen molar-refractivity contribution in [2.24, 2.45) is 0 Å². The van der Waals surface area contributed by atoms with E-state index in [1.54, 1.807) is 26.0 Å². The second-order valence-electron chi connectivity index (χ2n) is 5.82. The van der Waals surface area contributed by atoms with Gasteiger partial charge < -0.3 is 4.74 Å². The van der Waals surface area contributed by atoms with Crippen LogP contribution in [0.1, 0.15) is 23.1 Å². The molecule has 5 nitrogen and oxygen atoms in total. The van der Waals surface area contributed by atoms with Gasteiger partial charge in [0.15, 0.2) is 5.69 Å². The van der Waals surface area contributed by atoms with Gasteiger partial charge in [-0.25, -0.2) is 9.78 Å². The molecule has 7 heteroatoms. The first-order valence-corrected chi connectivity index (χ1v) is 8.89. The standard InChI is InChI=1S/C19H15Cl2N3O2/c1-3-26-18(25)17-11(2)22-19-23(14-9-8-12(20)10-13(14)21)15-6-4-5-7-16(15)24(17)19/h4-10H,3H2,1-2H3. The van der Waals surface area contributed by atoms with E-state index in [4.69, 9.17) is 27.9 Å². The fourth-order valence-corrected chi connectivity index (χ4v) is 3.67. The van der Waals surface area contributed by atoms with Gasteiger partial charge in [0.2, 0.25) is 5.78 Å². The first kappa shape index (κ1) is 16.9. The molecule has 0 unspecified atom stereocenters. The Morgan fingerprint density at radius 1 is 1.15 bits per heavy atom. The smallest absolute Gasteiger partial charge is 0.357 e. The molecule has 0 saturated heterocycles. The van der Waals surface area contributed by atoms with Gasteiger partial charge in [-0.3, -0.25) is 8.97 Å². The first-order valence-electron chi connectivity index (χ1n) is 8.14. The number of nitrogens with zero attached hydrogens (tertiary/aromatic N) is 3. The summed E-state index contributed by atoms with van der Waals surface area (Å²) < 4.78 is 8.96. The predicted molar refractivity (Wildman–Crippen MR) is 103 cm³/mol. The van der Waals surface area contributed by atoms with E-state index in [2.05, 4.69) is 4.98 Å². The third-order valence-electron chi connectivity index (χ3n) is 4.22. The molecule has 0 spiro atoms. The summed E-state index contributed by atoms with van der Waals surface area (Å²) in [6.45, 7) is 3.87. The van der Waals surface area contributed by atoms with Crippen molar-refractivity contribution >= 4 is 46.0 Å². The largest absolute Gasteiger partial charge is 0.461 e. The minimum absolute atomic E-state index is 0.299. The van der Waals surface area contributed by atoms with Gasteiger partial charge in [-0.1, -0.05) is 35.3 Å². The summed E-state index contributed by atoms with van der Waals surface area (Å²) in [5, 5.41) is 1.05. The number of ether oxygens (including phenoxy) is 1. The van der Waals surface area contributed by atoms with Crippen LogP contribution in [0.4, 0.5) is 0 Å². The molecule has 2 aromatic carbocycles. The number of para-hydroxylation sites is 2. The molecule has 132 valence electrons. The van der Waals surface area contributed by atoms with E-state index in [0.717, 1.165) is 16.7 Å². The van der Waals surface area contributed by atoms with Crippen molar-refractivity contribution in [2.45, 2.75) is 13.8 Å². The Hall–Kier alpha value is -2.50. The lowest BCUT2D eigenvalue weighted by molar-refractivity contribution is 0.0518. The molecule has 0 saturated carbocycles. The number of esters is 1. The zero-order valence-electron chi connectivity index (χ0n) is 14.2. The molecule has 0 aliphatic carbocycles. The lowest BCUT2D eigenvalue weighted by Crippen LogP contribution is -2.09. The number of aryl methyl sites for hydroxylation is 1. The van der Waals surface area contributed by atoms with Crippen LogP contribution in [0, 0.1) is 6.92 Å². The molecule has 0 N–H and O–H groups in total. The van der Waals surface area contributed by atoms with Crippen LogP contribution in [0.2, 0.25) is 10.0 Å². The lowest BCUT2D eigenvalue weighted by atomic mass is 10.2. The Morgan fingerprint density at radius 2 is 1.88 bits per heavy atom. The number of hydrogen-bond donors (Lipinski definition) is 0. The van der Waals surface area contributed by atoms with Crippen LogP contribution in [0.15, 0.2) is 42.5 Å². The summed E-state index contributed by atoms with van der Waals surface area (Å²) in [6, 6.07) is 13.0. The third-order valence-corrected chi connectivity index (χ3v) is 4.75. The number of fused-ring (bicyclic) bond motifs is 3. The number of hydrogen-bond acceptors (Lipinski definition) is 3. The highest BCUT2D eigenvalue weighted by atomic mass is 35.5. The van der Waals surface area contributed by atoms with Gasteiger partial charge in [-0.2, -0.15) is 0 Å². The second-order valence-corrected chi connectivity index (χ2v) is 6.67. The molecule has 2 heterocycles. The van der Waals surface area contributed by atoms with Crippen LogP contribution < -0.4 is 0 Å². The van der Waals surface area contributed by atoms with Crippen LogP contribution in [0.25, 0.3) is 22.5 Å². The molecule has 0 aliphatic rings.